The first-order valence-electron chi connectivity index (χ1n) is 6.28. The van der Waals surface area contributed by atoms with E-state index in [2.05, 4.69) is 20.6 Å². The number of fused-ring (bicyclic) bond motifs is 1. The van der Waals surface area contributed by atoms with Crippen LogP contribution in [-0.4, -0.2) is 25.9 Å². The van der Waals surface area contributed by atoms with Gasteiger partial charge in [-0.25, -0.2) is 0 Å². The summed E-state index contributed by atoms with van der Waals surface area (Å²) >= 11 is 0. The van der Waals surface area contributed by atoms with E-state index in [1.165, 1.54) is 32.1 Å². The minimum atomic E-state index is 0.575. The molecule has 1 aliphatic carbocycles. The second kappa shape index (κ2) is 4.31. The zero-order chi connectivity index (χ0) is 11.7. The van der Waals surface area contributed by atoms with Crippen molar-refractivity contribution >= 4 is 11.5 Å². The minimum absolute atomic E-state index is 0.575. The zero-order valence-corrected chi connectivity index (χ0v) is 10.1. The molecule has 2 aromatic rings. The first-order chi connectivity index (χ1) is 8.33. The Morgan fingerprint density at radius 1 is 1.18 bits per heavy atom. The number of rotatable bonds is 2. The van der Waals surface area contributed by atoms with E-state index < -0.39 is 0 Å². The Labute approximate surface area is 100 Å². The smallest absolute Gasteiger partial charge is 0.178 e. The molecule has 0 aromatic carbocycles. The van der Waals surface area contributed by atoms with Crippen LogP contribution in [0.5, 0.6) is 0 Å². The van der Waals surface area contributed by atoms with Crippen molar-refractivity contribution in [1.82, 2.24) is 19.8 Å². The molecule has 2 aromatic heterocycles. The molecule has 90 valence electrons. The molecule has 1 saturated carbocycles. The molecule has 2 heterocycles. The van der Waals surface area contributed by atoms with Gasteiger partial charge in [0.2, 0.25) is 0 Å². The van der Waals surface area contributed by atoms with Crippen LogP contribution in [-0.2, 0) is 0 Å². The molecule has 1 N–H and O–H groups in total. The Bertz CT molecular complexity index is 513. The lowest BCUT2D eigenvalue weighted by Gasteiger charge is -2.23. The molecule has 0 aliphatic heterocycles. The SMILES string of the molecule is Cc1nnc2ccc(NC3CCCCC3)nn12. The molecule has 0 spiro atoms. The monoisotopic (exact) mass is 231 g/mol. The van der Waals surface area contributed by atoms with Crippen molar-refractivity contribution in [2.24, 2.45) is 0 Å². The third-order valence-electron chi connectivity index (χ3n) is 3.38. The molecule has 5 heteroatoms. The summed E-state index contributed by atoms with van der Waals surface area (Å²) in [6, 6.07) is 4.52. The minimum Gasteiger partial charge on any atom is -0.366 e. The van der Waals surface area contributed by atoms with Gasteiger partial charge in [0.05, 0.1) is 0 Å². The van der Waals surface area contributed by atoms with Crippen LogP contribution < -0.4 is 5.32 Å². The molecule has 5 nitrogen and oxygen atoms in total. The molecule has 1 fully saturated rings. The molecule has 1 aliphatic rings. The normalized spacial score (nSPS) is 17.5. The van der Waals surface area contributed by atoms with E-state index in [0.717, 1.165) is 17.3 Å². The van der Waals surface area contributed by atoms with Crippen molar-refractivity contribution in [3.63, 3.8) is 0 Å². The summed E-state index contributed by atoms with van der Waals surface area (Å²) in [5.41, 5.74) is 0.802. The van der Waals surface area contributed by atoms with Crippen molar-refractivity contribution in [1.29, 1.82) is 0 Å². The van der Waals surface area contributed by atoms with E-state index in [0.29, 0.717) is 6.04 Å². The summed E-state index contributed by atoms with van der Waals surface area (Å²) in [6.07, 6.45) is 6.52. The van der Waals surface area contributed by atoms with Crippen LogP contribution in [0.3, 0.4) is 0 Å². The zero-order valence-electron chi connectivity index (χ0n) is 10.1. The predicted octanol–water partition coefficient (Wildman–Crippen LogP) is 2.18. The van der Waals surface area contributed by atoms with Crippen molar-refractivity contribution in [2.75, 3.05) is 5.32 Å². The van der Waals surface area contributed by atoms with Crippen LogP contribution in [0.25, 0.3) is 5.65 Å². The molecular weight excluding hydrogens is 214 g/mol. The maximum atomic E-state index is 4.51. The van der Waals surface area contributed by atoms with Gasteiger partial charge in [-0.1, -0.05) is 19.3 Å². The van der Waals surface area contributed by atoms with Gasteiger partial charge in [0.25, 0.3) is 0 Å². The van der Waals surface area contributed by atoms with Crippen LogP contribution in [0.1, 0.15) is 37.9 Å². The molecule has 0 saturated heterocycles. The van der Waals surface area contributed by atoms with Gasteiger partial charge in [-0.2, -0.15) is 4.52 Å². The second-order valence-corrected chi connectivity index (χ2v) is 4.72. The summed E-state index contributed by atoms with van der Waals surface area (Å²) < 4.78 is 1.78. The van der Waals surface area contributed by atoms with Gasteiger partial charge in [-0.3, -0.25) is 0 Å². The highest BCUT2D eigenvalue weighted by Gasteiger charge is 2.13. The highest BCUT2D eigenvalue weighted by molar-refractivity contribution is 5.44. The Kier molecular flexibility index (Phi) is 2.66. The summed E-state index contributed by atoms with van der Waals surface area (Å²) in [5.74, 6) is 1.75. The number of anilines is 1. The first-order valence-corrected chi connectivity index (χ1v) is 6.28. The molecule has 0 radical (unpaired) electrons. The molecule has 0 amide bonds. The van der Waals surface area contributed by atoms with Gasteiger partial charge >= 0.3 is 0 Å². The van der Waals surface area contributed by atoms with Gasteiger partial charge in [-0.05, 0) is 31.9 Å². The molecule has 17 heavy (non-hydrogen) atoms. The fraction of sp³-hybridized carbons (Fsp3) is 0.583. The van der Waals surface area contributed by atoms with Crippen LogP contribution in [0.4, 0.5) is 5.82 Å². The highest BCUT2D eigenvalue weighted by atomic mass is 15.4. The average Bonchev–Trinajstić information content (AvgIpc) is 2.73. The van der Waals surface area contributed by atoms with E-state index in [1.807, 2.05) is 19.1 Å². The third-order valence-corrected chi connectivity index (χ3v) is 3.38. The number of hydrogen-bond acceptors (Lipinski definition) is 4. The number of nitrogens with one attached hydrogen (secondary N) is 1. The van der Waals surface area contributed by atoms with Gasteiger partial charge < -0.3 is 5.32 Å². The molecule has 0 bridgehead atoms. The van der Waals surface area contributed by atoms with Crippen LogP contribution in [0.2, 0.25) is 0 Å². The predicted molar refractivity (Wildman–Crippen MR) is 66.0 cm³/mol. The second-order valence-electron chi connectivity index (χ2n) is 4.72. The quantitative estimate of drug-likeness (QED) is 0.860. The maximum Gasteiger partial charge on any atom is 0.178 e. The summed E-state index contributed by atoms with van der Waals surface area (Å²) in [7, 11) is 0. The number of aryl methyl sites for hydroxylation is 1. The summed E-state index contributed by atoms with van der Waals surface area (Å²) in [5, 5.41) is 16.0. The summed E-state index contributed by atoms with van der Waals surface area (Å²) in [6.45, 7) is 1.91. The van der Waals surface area contributed by atoms with Crippen molar-refractivity contribution in [3.05, 3.63) is 18.0 Å². The van der Waals surface area contributed by atoms with Crippen molar-refractivity contribution in [2.45, 2.75) is 45.1 Å². The third kappa shape index (κ3) is 2.09. The standard InChI is InChI=1S/C12H17N5/c1-9-14-15-12-8-7-11(16-17(9)12)13-10-5-3-2-4-6-10/h7-8,10H,2-6H2,1H3,(H,13,16). The first kappa shape index (κ1) is 10.5. The Morgan fingerprint density at radius 2 is 2.00 bits per heavy atom. The average molecular weight is 231 g/mol. The fourth-order valence-corrected chi connectivity index (χ4v) is 2.43. The Balaban J connectivity index is 1.82. The number of aromatic nitrogens is 4. The van der Waals surface area contributed by atoms with Gasteiger partial charge in [0, 0.05) is 6.04 Å². The Morgan fingerprint density at radius 3 is 2.82 bits per heavy atom. The van der Waals surface area contributed by atoms with E-state index in [4.69, 9.17) is 0 Å². The number of nitrogens with zero attached hydrogens (tertiary/aromatic N) is 4. The molecular formula is C12H17N5. The topological polar surface area (TPSA) is 55.1 Å². The van der Waals surface area contributed by atoms with Crippen molar-refractivity contribution < 1.29 is 0 Å². The van der Waals surface area contributed by atoms with E-state index in [1.54, 1.807) is 4.52 Å². The van der Waals surface area contributed by atoms with Crippen molar-refractivity contribution in [3.8, 4) is 0 Å². The lowest BCUT2D eigenvalue weighted by molar-refractivity contribution is 0.461. The van der Waals surface area contributed by atoms with E-state index >= 15 is 0 Å². The highest BCUT2D eigenvalue weighted by Crippen LogP contribution is 2.20. The molecule has 0 atom stereocenters. The number of hydrogen-bond donors (Lipinski definition) is 1. The largest absolute Gasteiger partial charge is 0.366 e. The summed E-state index contributed by atoms with van der Waals surface area (Å²) in [4.78, 5) is 0. The fourth-order valence-electron chi connectivity index (χ4n) is 2.43. The lowest BCUT2D eigenvalue weighted by Crippen LogP contribution is -2.23. The Hall–Kier alpha value is -1.65. The molecule has 0 unspecified atom stereocenters. The van der Waals surface area contributed by atoms with Crippen LogP contribution >= 0.6 is 0 Å². The van der Waals surface area contributed by atoms with E-state index in [9.17, 15) is 0 Å². The van der Waals surface area contributed by atoms with Crippen LogP contribution in [0, 0.1) is 6.92 Å². The van der Waals surface area contributed by atoms with Gasteiger partial charge in [-0.15, -0.1) is 15.3 Å². The van der Waals surface area contributed by atoms with Gasteiger partial charge in [0.15, 0.2) is 11.5 Å². The lowest BCUT2D eigenvalue weighted by atomic mass is 9.95. The van der Waals surface area contributed by atoms with E-state index in [-0.39, 0.29) is 0 Å². The van der Waals surface area contributed by atoms with Crippen LogP contribution in [0.15, 0.2) is 12.1 Å². The molecule has 3 rings (SSSR count). The van der Waals surface area contributed by atoms with Gasteiger partial charge in [0.1, 0.15) is 5.82 Å². The maximum absolute atomic E-state index is 4.51.